The molecule has 0 aliphatic rings. The van der Waals surface area contributed by atoms with Crippen molar-refractivity contribution in [1.82, 2.24) is 0 Å². The van der Waals surface area contributed by atoms with Crippen LogP contribution in [0.2, 0.25) is 0 Å². The van der Waals surface area contributed by atoms with Crippen molar-refractivity contribution >= 4 is 0 Å². The van der Waals surface area contributed by atoms with E-state index in [9.17, 15) is 0 Å². The highest BCUT2D eigenvalue weighted by Gasteiger charge is 2.00. The van der Waals surface area contributed by atoms with Crippen LogP contribution in [-0.4, -0.2) is 6.61 Å². The molecule has 0 amide bonds. The minimum atomic E-state index is 0.517. The molecule has 0 N–H and O–H groups in total. The Balaban J connectivity index is 2.03. The summed E-state index contributed by atoms with van der Waals surface area (Å²) in [6.07, 6.45) is 0. The minimum Gasteiger partial charge on any atom is -0.493 e. The van der Waals surface area contributed by atoms with E-state index in [1.807, 2.05) is 54.6 Å². The third-order valence-corrected chi connectivity index (χ3v) is 2.37. The summed E-state index contributed by atoms with van der Waals surface area (Å²) in [5, 5.41) is 0. The fraction of sp³-hybridized carbons (Fsp3) is 0.250. The van der Waals surface area contributed by atoms with Crippen LogP contribution in [0.3, 0.4) is 0 Å². The molecule has 0 fully saturated rings. The lowest BCUT2D eigenvalue weighted by Crippen LogP contribution is -2.04. The highest BCUT2D eigenvalue weighted by Crippen LogP contribution is 2.25. The van der Waals surface area contributed by atoms with Crippen molar-refractivity contribution in [2.75, 3.05) is 6.61 Å². The lowest BCUT2D eigenvalue weighted by Gasteiger charge is -2.10. The van der Waals surface area contributed by atoms with Gasteiger partial charge in [-0.3, -0.25) is 0 Å². The summed E-state index contributed by atoms with van der Waals surface area (Å²) in [7, 11) is 0. The molecule has 94 valence electrons. The zero-order chi connectivity index (χ0) is 12.8. The van der Waals surface area contributed by atoms with Crippen LogP contribution in [0.5, 0.6) is 17.2 Å². The van der Waals surface area contributed by atoms with Gasteiger partial charge in [-0.15, -0.1) is 0 Å². The van der Waals surface area contributed by atoms with Crippen molar-refractivity contribution < 1.29 is 9.47 Å². The van der Waals surface area contributed by atoms with Gasteiger partial charge in [0.2, 0.25) is 0 Å². The van der Waals surface area contributed by atoms with Crippen LogP contribution in [-0.2, 0) is 0 Å². The molecule has 18 heavy (non-hydrogen) atoms. The summed E-state index contributed by atoms with van der Waals surface area (Å²) in [4.78, 5) is 0. The monoisotopic (exact) mass is 242 g/mol. The Morgan fingerprint density at radius 3 is 2.22 bits per heavy atom. The molecule has 0 aliphatic heterocycles. The normalized spacial score (nSPS) is 10.4. The summed E-state index contributed by atoms with van der Waals surface area (Å²) in [6, 6.07) is 17.5. The Hall–Kier alpha value is -1.96. The molecule has 0 saturated heterocycles. The number of hydrogen-bond acceptors (Lipinski definition) is 2. The third-order valence-electron chi connectivity index (χ3n) is 2.37. The first-order valence-electron chi connectivity index (χ1n) is 6.20. The number of para-hydroxylation sites is 1. The molecule has 0 spiro atoms. The van der Waals surface area contributed by atoms with Crippen molar-refractivity contribution in [3.8, 4) is 17.2 Å². The molecule has 2 aromatic rings. The van der Waals surface area contributed by atoms with E-state index in [0.29, 0.717) is 5.92 Å². The van der Waals surface area contributed by atoms with Gasteiger partial charge in [0.25, 0.3) is 0 Å². The number of hydrogen-bond donors (Lipinski definition) is 0. The molecule has 0 radical (unpaired) electrons. The van der Waals surface area contributed by atoms with Gasteiger partial charge in [-0.2, -0.15) is 0 Å². The Morgan fingerprint density at radius 1 is 0.833 bits per heavy atom. The maximum absolute atomic E-state index is 5.75. The first-order chi connectivity index (χ1) is 8.74. The molecule has 0 aliphatic carbocycles. The number of benzene rings is 2. The summed E-state index contributed by atoms with van der Waals surface area (Å²) in [5.41, 5.74) is 0. The second kappa shape index (κ2) is 6.10. The van der Waals surface area contributed by atoms with Crippen LogP contribution in [0, 0.1) is 5.92 Å². The fourth-order valence-corrected chi connectivity index (χ4v) is 1.52. The summed E-state index contributed by atoms with van der Waals surface area (Å²) in [5.74, 6) is 2.99. The van der Waals surface area contributed by atoms with Crippen LogP contribution in [0.4, 0.5) is 0 Å². The average molecular weight is 242 g/mol. The topological polar surface area (TPSA) is 18.5 Å². The van der Waals surface area contributed by atoms with E-state index in [4.69, 9.17) is 9.47 Å². The van der Waals surface area contributed by atoms with E-state index in [-0.39, 0.29) is 0 Å². The maximum atomic E-state index is 5.75. The SMILES string of the molecule is CC(C)COc1cccc(Oc2ccccc2)c1. The third kappa shape index (κ3) is 3.81. The minimum absolute atomic E-state index is 0.517. The molecular weight excluding hydrogens is 224 g/mol. The number of ether oxygens (including phenoxy) is 2. The molecule has 0 atom stereocenters. The molecule has 2 aromatic carbocycles. The van der Waals surface area contributed by atoms with E-state index >= 15 is 0 Å². The van der Waals surface area contributed by atoms with Crippen molar-refractivity contribution in [2.45, 2.75) is 13.8 Å². The largest absolute Gasteiger partial charge is 0.493 e. The quantitative estimate of drug-likeness (QED) is 0.767. The zero-order valence-corrected chi connectivity index (χ0v) is 10.8. The highest BCUT2D eigenvalue weighted by molar-refractivity contribution is 5.36. The Labute approximate surface area is 108 Å². The standard InChI is InChI=1S/C16H18O2/c1-13(2)12-17-15-9-6-10-16(11-15)18-14-7-4-3-5-8-14/h3-11,13H,12H2,1-2H3. The van der Waals surface area contributed by atoms with Crippen LogP contribution < -0.4 is 9.47 Å². The predicted molar refractivity (Wildman–Crippen MR) is 73.3 cm³/mol. The van der Waals surface area contributed by atoms with Crippen LogP contribution in [0.25, 0.3) is 0 Å². The van der Waals surface area contributed by atoms with Crippen LogP contribution in [0.15, 0.2) is 54.6 Å². The van der Waals surface area contributed by atoms with Gasteiger partial charge in [0.1, 0.15) is 17.2 Å². The molecule has 0 unspecified atom stereocenters. The zero-order valence-electron chi connectivity index (χ0n) is 10.8. The smallest absolute Gasteiger partial charge is 0.131 e. The predicted octanol–water partition coefficient (Wildman–Crippen LogP) is 4.51. The second-order valence-electron chi connectivity index (χ2n) is 4.59. The molecule has 2 heteroatoms. The van der Waals surface area contributed by atoms with Gasteiger partial charge in [0.15, 0.2) is 0 Å². The maximum Gasteiger partial charge on any atom is 0.131 e. The summed E-state index contributed by atoms with van der Waals surface area (Å²) in [6.45, 7) is 4.98. The van der Waals surface area contributed by atoms with Gasteiger partial charge >= 0.3 is 0 Å². The van der Waals surface area contributed by atoms with Crippen molar-refractivity contribution in [2.24, 2.45) is 5.92 Å². The molecule has 2 nitrogen and oxygen atoms in total. The van der Waals surface area contributed by atoms with E-state index in [1.165, 1.54) is 0 Å². The first kappa shape index (κ1) is 12.5. The van der Waals surface area contributed by atoms with Gasteiger partial charge in [0, 0.05) is 6.07 Å². The van der Waals surface area contributed by atoms with Crippen LogP contribution >= 0.6 is 0 Å². The van der Waals surface area contributed by atoms with Crippen molar-refractivity contribution in [1.29, 1.82) is 0 Å². The Kier molecular flexibility index (Phi) is 4.24. The van der Waals surface area contributed by atoms with E-state index < -0.39 is 0 Å². The van der Waals surface area contributed by atoms with Gasteiger partial charge in [-0.05, 0) is 30.2 Å². The first-order valence-corrected chi connectivity index (χ1v) is 6.20. The number of rotatable bonds is 5. The molecule has 0 aromatic heterocycles. The summed E-state index contributed by atoms with van der Waals surface area (Å²) >= 11 is 0. The van der Waals surface area contributed by atoms with Crippen LogP contribution in [0.1, 0.15) is 13.8 Å². The summed E-state index contributed by atoms with van der Waals surface area (Å²) < 4.78 is 11.4. The molecule has 0 bridgehead atoms. The second-order valence-corrected chi connectivity index (χ2v) is 4.59. The van der Waals surface area contributed by atoms with Gasteiger partial charge in [-0.25, -0.2) is 0 Å². The van der Waals surface area contributed by atoms with Gasteiger partial charge in [0.05, 0.1) is 6.61 Å². The Bertz CT molecular complexity index is 477. The Morgan fingerprint density at radius 2 is 1.50 bits per heavy atom. The fourth-order valence-electron chi connectivity index (χ4n) is 1.52. The van der Waals surface area contributed by atoms with E-state index in [0.717, 1.165) is 23.9 Å². The molecule has 0 saturated carbocycles. The van der Waals surface area contributed by atoms with Crippen molar-refractivity contribution in [3.05, 3.63) is 54.6 Å². The average Bonchev–Trinajstić information content (AvgIpc) is 2.38. The molecule has 0 heterocycles. The van der Waals surface area contributed by atoms with Gasteiger partial charge in [-0.1, -0.05) is 38.1 Å². The molecule has 2 rings (SSSR count). The lowest BCUT2D eigenvalue weighted by atomic mass is 10.2. The highest BCUT2D eigenvalue weighted by atomic mass is 16.5. The van der Waals surface area contributed by atoms with Gasteiger partial charge < -0.3 is 9.47 Å². The van der Waals surface area contributed by atoms with Crippen molar-refractivity contribution in [3.63, 3.8) is 0 Å². The lowest BCUT2D eigenvalue weighted by molar-refractivity contribution is 0.270. The molecular formula is C16H18O2. The van der Waals surface area contributed by atoms with E-state index in [2.05, 4.69) is 13.8 Å². The van der Waals surface area contributed by atoms with E-state index in [1.54, 1.807) is 0 Å².